The molecule has 2 rings (SSSR count). The van der Waals surface area contributed by atoms with Crippen molar-refractivity contribution in [1.29, 1.82) is 0 Å². The Balaban J connectivity index is 2.24. The minimum atomic E-state index is 0.373. The summed E-state index contributed by atoms with van der Waals surface area (Å²) in [6.07, 6.45) is 2.56. The lowest BCUT2D eigenvalue weighted by molar-refractivity contribution is 0.312. The van der Waals surface area contributed by atoms with Crippen LogP contribution in [0.2, 0.25) is 5.15 Å². The molecule has 0 saturated heterocycles. The van der Waals surface area contributed by atoms with Crippen LogP contribution in [-0.4, -0.2) is 16.6 Å². The van der Waals surface area contributed by atoms with Gasteiger partial charge in [0.25, 0.3) is 0 Å². The number of aromatic nitrogens is 2. The molecular weight excluding hydrogens is 248 g/mol. The molecule has 2 aromatic rings. The molecule has 1 heterocycles. The summed E-state index contributed by atoms with van der Waals surface area (Å²) in [5.74, 6) is 1.05. The van der Waals surface area contributed by atoms with Crippen LogP contribution in [0, 0.1) is 0 Å². The molecule has 92 valence electrons. The maximum absolute atomic E-state index is 5.96. The third-order valence-electron chi connectivity index (χ3n) is 2.28. The lowest BCUT2D eigenvalue weighted by Gasteiger charge is -2.06. The molecule has 1 aromatic heterocycles. The van der Waals surface area contributed by atoms with Crippen molar-refractivity contribution in [3.8, 4) is 17.3 Å². The van der Waals surface area contributed by atoms with Crippen LogP contribution in [0.25, 0.3) is 11.4 Å². The predicted molar refractivity (Wildman–Crippen MR) is 72.8 cm³/mol. The second-order valence-corrected chi connectivity index (χ2v) is 4.03. The number of nitrogens with zero attached hydrogens (tertiary/aromatic N) is 2. The summed E-state index contributed by atoms with van der Waals surface area (Å²) >= 11 is 5.96. The van der Waals surface area contributed by atoms with E-state index in [9.17, 15) is 0 Å². The first-order valence-electron chi connectivity index (χ1n) is 5.63. The van der Waals surface area contributed by atoms with Crippen LogP contribution in [0.4, 0.5) is 0 Å². The Morgan fingerprint density at radius 2 is 2.00 bits per heavy atom. The van der Waals surface area contributed by atoms with Gasteiger partial charge >= 0.3 is 0 Å². The molecule has 0 aliphatic rings. The average molecular weight is 261 g/mol. The minimum absolute atomic E-state index is 0.373. The fourth-order valence-electron chi connectivity index (χ4n) is 1.43. The topological polar surface area (TPSA) is 35.0 Å². The second kappa shape index (κ2) is 6.17. The number of rotatable bonds is 5. The maximum atomic E-state index is 5.96. The molecule has 0 saturated carbocycles. The molecule has 3 nitrogen and oxygen atoms in total. The second-order valence-electron chi connectivity index (χ2n) is 3.64. The van der Waals surface area contributed by atoms with Crippen molar-refractivity contribution in [3.05, 3.63) is 54.2 Å². The first-order valence-corrected chi connectivity index (χ1v) is 6.01. The van der Waals surface area contributed by atoms with E-state index in [1.165, 1.54) is 0 Å². The molecule has 0 unspecified atom stereocenters. The van der Waals surface area contributed by atoms with Crippen LogP contribution in [0.5, 0.6) is 5.88 Å². The van der Waals surface area contributed by atoms with Gasteiger partial charge in [-0.2, -0.15) is 4.98 Å². The largest absolute Gasteiger partial charge is 0.477 e. The molecule has 0 aliphatic carbocycles. The van der Waals surface area contributed by atoms with E-state index in [1.807, 2.05) is 30.3 Å². The van der Waals surface area contributed by atoms with Gasteiger partial charge in [0.05, 0.1) is 6.61 Å². The number of ether oxygens (including phenoxy) is 1. The van der Waals surface area contributed by atoms with E-state index in [2.05, 4.69) is 16.5 Å². The van der Waals surface area contributed by atoms with E-state index in [1.54, 1.807) is 12.1 Å². The quantitative estimate of drug-likeness (QED) is 0.467. The van der Waals surface area contributed by atoms with Crippen molar-refractivity contribution in [2.75, 3.05) is 6.61 Å². The van der Waals surface area contributed by atoms with Gasteiger partial charge in [-0.15, -0.1) is 6.58 Å². The summed E-state index contributed by atoms with van der Waals surface area (Å²) in [6, 6.07) is 11.3. The van der Waals surface area contributed by atoms with Gasteiger partial charge in [-0.25, -0.2) is 4.98 Å². The molecule has 0 atom stereocenters. The fraction of sp³-hybridized carbons (Fsp3) is 0.143. The van der Waals surface area contributed by atoms with Crippen LogP contribution >= 0.6 is 11.6 Å². The monoisotopic (exact) mass is 260 g/mol. The van der Waals surface area contributed by atoms with Gasteiger partial charge in [0.1, 0.15) is 5.15 Å². The van der Waals surface area contributed by atoms with Crippen molar-refractivity contribution in [3.63, 3.8) is 0 Å². The Labute approximate surface area is 111 Å². The molecule has 0 aliphatic heterocycles. The molecule has 1 aromatic carbocycles. The zero-order valence-electron chi connectivity index (χ0n) is 9.84. The summed E-state index contributed by atoms with van der Waals surface area (Å²) < 4.78 is 5.48. The minimum Gasteiger partial charge on any atom is -0.477 e. The highest BCUT2D eigenvalue weighted by atomic mass is 35.5. The Hall–Kier alpha value is -1.87. The number of hydrogen-bond acceptors (Lipinski definition) is 3. The third kappa shape index (κ3) is 3.31. The molecule has 0 radical (unpaired) electrons. The first-order chi connectivity index (χ1) is 8.79. The Kier molecular flexibility index (Phi) is 4.31. The highest BCUT2D eigenvalue weighted by Crippen LogP contribution is 2.21. The number of hydrogen-bond donors (Lipinski definition) is 0. The van der Waals surface area contributed by atoms with Crippen molar-refractivity contribution >= 4 is 11.6 Å². The lowest BCUT2D eigenvalue weighted by atomic mass is 10.2. The van der Waals surface area contributed by atoms with E-state index in [0.29, 0.717) is 23.5 Å². The van der Waals surface area contributed by atoms with Gasteiger partial charge < -0.3 is 4.74 Å². The first kappa shape index (κ1) is 12.6. The number of halogens is 1. The zero-order chi connectivity index (χ0) is 12.8. The third-order valence-corrected chi connectivity index (χ3v) is 2.47. The van der Waals surface area contributed by atoms with Crippen LogP contribution in [0.15, 0.2) is 49.1 Å². The van der Waals surface area contributed by atoms with Crippen molar-refractivity contribution in [2.24, 2.45) is 0 Å². The normalized spacial score (nSPS) is 10.1. The summed E-state index contributed by atoms with van der Waals surface area (Å²) in [4.78, 5) is 8.51. The SMILES string of the molecule is C=CCCOc1cc(Cl)nc(-c2ccccc2)n1. The Morgan fingerprint density at radius 1 is 1.22 bits per heavy atom. The highest BCUT2D eigenvalue weighted by Gasteiger charge is 2.06. The molecule has 0 spiro atoms. The van der Waals surface area contributed by atoms with Crippen LogP contribution in [-0.2, 0) is 0 Å². The molecule has 0 bridgehead atoms. The van der Waals surface area contributed by atoms with E-state index in [4.69, 9.17) is 16.3 Å². The van der Waals surface area contributed by atoms with Crippen molar-refractivity contribution in [2.45, 2.75) is 6.42 Å². The molecule has 0 amide bonds. The molecular formula is C14H13ClN2O. The molecule has 18 heavy (non-hydrogen) atoms. The standard InChI is InChI=1S/C14H13ClN2O/c1-2-3-9-18-13-10-12(15)16-14(17-13)11-7-5-4-6-8-11/h2,4-8,10H,1,3,9H2. The molecule has 0 fully saturated rings. The summed E-state index contributed by atoms with van der Waals surface area (Å²) in [7, 11) is 0. The number of benzene rings is 1. The van der Waals surface area contributed by atoms with Gasteiger partial charge in [0.15, 0.2) is 5.82 Å². The fourth-order valence-corrected chi connectivity index (χ4v) is 1.61. The van der Waals surface area contributed by atoms with Crippen LogP contribution in [0.3, 0.4) is 0 Å². The maximum Gasteiger partial charge on any atom is 0.218 e. The van der Waals surface area contributed by atoms with Gasteiger partial charge in [-0.05, 0) is 6.42 Å². The summed E-state index contributed by atoms with van der Waals surface area (Å²) in [5, 5.41) is 0.373. The van der Waals surface area contributed by atoms with Gasteiger partial charge in [-0.1, -0.05) is 48.0 Å². The van der Waals surface area contributed by atoms with Gasteiger partial charge in [-0.3, -0.25) is 0 Å². The van der Waals surface area contributed by atoms with Gasteiger partial charge in [0, 0.05) is 11.6 Å². The zero-order valence-corrected chi connectivity index (χ0v) is 10.6. The van der Waals surface area contributed by atoms with Crippen LogP contribution < -0.4 is 4.74 Å². The van der Waals surface area contributed by atoms with E-state index in [0.717, 1.165) is 12.0 Å². The Morgan fingerprint density at radius 3 is 2.72 bits per heavy atom. The van der Waals surface area contributed by atoms with E-state index < -0.39 is 0 Å². The van der Waals surface area contributed by atoms with Crippen molar-refractivity contribution < 1.29 is 4.74 Å². The average Bonchev–Trinajstić information content (AvgIpc) is 2.39. The van der Waals surface area contributed by atoms with Crippen molar-refractivity contribution in [1.82, 2.24) is 9.97 Å². The van der Waals surface area contributed by atoms with E-state index >= 15 is 0 Å². The lowest BCUT2D eigenvalue weighted by Crippen LogP contribution is -2.00. The Bertz CT molecular complexity index is 529. The molecule has 4 heteroatoms. The van der Waals surface area contributed by atoms with Gasteiger partial charge in [0.2, 0.25) is 5.88 Å². The molecule has 0 N–H and O–H groups in total. The predicted octanol–water partition coefficient (Wildman–Crippen LogP) is 3.75. The summed E-state index contributed by atoms with van der Waals surface area (Å²) in [6.45, 7) is 4.17. The van der Waals surface area contributed by atoms with Crippen LogP contribution in [0.1, 0.15) is 6.42 Å². The van der Waals surface area contributed by atoms with E-state index in [-0.39, 0.29) is 0 Å². The summed E-state index contributed by atoms with van der Waals surface area (Å²) in [5.41, 5.74) is 0.911. The highest BCUT2D eigenvalue weighted by molar-refractivity contribution is 6.29. The smallest absolute Gasteiger partial charge is 0.218 e.